The third-order valence-electron chi connectivity index (χ3n) is 5.06. The fourth-order valence-corrected chi connectivity index (χ4v) is 3.90. The summed E-state index contributed by atoms with van der Waals surface area (Å²) < 4.78 is 0. The minimum Gasteiger partial charge on any atom is -0.370 e. The van der Waals surface area contributed by atoms with Crippen LogP contribution < -0.4 is 10.2 Å². The summed E-state index contributed by atoms with van der Waals surface area (Å²) in [5, 5.41) is 3.94. The zero-order chi connectivity index (χ0) is 13.8. The third-order valence-corrected chi connectivity index (χ3v) is 5.06. The van der Waals surface area contributed by atoms with Crippen molar-refractivity contribution in [3.05, 3.63) is 30.3 Å². The number of benzene rings is 1. The first-order chi connectivity index (χ1) is 9.85. The molecule has 1 aliphatic heterocycles. The molecule has 2 heteroatoms. The quantitative estimate of drug-likeness (QED) is 0.896. The van der Waals surface area contributed by atoms with Crippen LogP contribution in [0.5, 0.6) is 0 Å². The minimum atomic E-state index is 0.678. The van der Waals surface area contributed by atoms with E-state index in [1.54, 1.807) is 0 Å². The second-order valence-corrected chi connectivity index (χ2v) is 6.60. The van der Waals surface area contributed by atoms with Crippen molar-refractivity contribution in [3.63, 3.8) is 0 Å². The average molecular weight is 272 g/mol. The molecule has 2 aliphatic rings. The monoisotopic (exact) mass is 272 g/mol. The van der Waals surface area contributed by atoms with E-state index in [9.17, 15) is 0 Å². The number of piperidine rings is 1. The zero-order valence-corrected chi connectivity index (χ0v) is 12.7. The van der Waals surface area contributed by atoms with Crippen molar-refractivity contribution in [2.24, 2.45) is 5.92 Å². The number of nitrogens with zero attached hydrogens (tertiary/aromatic N) is 1. The summed E-state index contributed by atoms with van der Waals surface area (Å²) in [4.78, 5) is 2.59. The van der Waals surface area contributed by atoms with E-state index in [0.29, 0.717) is 6.04 Å². The summed E-state index contributed by atoms with van der Waals surface area (Å²) in [5.74, 6) is 0.836. The summed E-state index contributed by atoms with van der Waals surface area (Å²) in [6, 6.07) is 12.4. The van der Waals surface area contributed by atoms with Gasteiger partial charge < -0.3 is 10.2 Å². The van der Waals surface area contributed by atoms with Crippen LogP contribution in [0.15, 0.2) is 30.3 Å². The van der Waals surface area contributed by atoms with Gasteiger partial charge in [-0.15, -0.1) is 0 Å². The van der Waals surface area contributed by atoms with Crippen LogP contribution in [-0.2, 0) is 0 Å². The molecule has 1 N–H and O–H groups in total. The van der Waals surface area contributed by atoms with Gasteiger partial charge in [0.1, 0.15) is 0 Å². The lowest BCUT2D eigenvalue weighted by Crippen LogP contribution is -2.51. The lowest BCUT2D eigenvalue weighted by Gasteiger charge is -2.40. The molecule has 110 valence electrons. The molecule has 3 rings (SSSR count). The number of rotatable bonds is 4. The molecule has 2 atom stereocenters. The summed E-state index contributed by atoms with van der Waals surface area (Å²) >= 11 is 0. The molecule has 2 fully saturated rings. The number of para-hydroxylation sites is 1. The van der Waals surface area contributed by atoms with Crippen LogP contribution >= 0.6 is 0 Å². The van der Waals surface area contributed by atoms with Crippen molar-refractivity contribution in [1.82, 2.24) is 5.32 Å². The second-order valence-electron chi connectivity index (χ2n) is 6.60. The average Bonchev–Trinajstić information content (AvgIpc) is 3.00. The highest BCUT2D eigenvalue weighted by Gasteiger charge is 2.28. The Kier molecular flexibility index (Phi) is 4.62. The predicted molar refractivity (Wildman–Crippen MR) is 86.2 cm³/mol. The van der Waals surface area contributed by atoms with Gasteiger partial charge in [-0.1, -0.05) is 44.4 Å². The van der Waals surface area contributed by atoms with Crippen molar-refractivity contribution in [2.75, 3.05) is 18.0 Å². The molecule has 1 heterocycles. The molecule has 0 bridgehead atoms. The number of hydrogen-bond acceptors (Lipinski definition) is 2. The summed E-state index contributed by atoms with van der Waals surface area (Å²) in [6.07, 6.45) is 8.27. The molecule has 1 saturated heterocycles. The van der Waals surface area contributed by atoms with Gasteiger partial charge in [0.15, 0.2) is 0 Å². The van der Waals surface area contributed by atoms with Crippen LogP contribution in [0, 0.1) is 5.92 Å². The lowest BCUT2D eigenvalue weighted by molar-refractivity contribution is 0.304. The summed E-state index contributed by atoms with van der Waals surface area (Å²) in [5.41, 5.74) is 1.39. The smallest absolute Gasteiger partial charge is 0.0366 e. The van der Waals surface area contributed by atoms with E-state index < -0.39 is 0 Å². The number of nitrogens with one attached hydrogen (secondary N) is 1. The van der Waals surface area contributed by atoms with Gasteiger partial charge in [0.25, 0.3) is 0 Å². The van der Waals surface area contributed by atoms with Crippen LogP contribution in [0.25, 0.3) is 0 Å². The molecule has 1 saturated carbocycles. The fraction of sp³-hybridized carbons (Fsp3) is 0.667. The Balaban J connectivity index is 1.65. The number of anilines is 1. The van der Waals surface area contributed by atoms with E-state index in [0.717, 1.165) is 12.0 Å². The predicted octanol–water partition coefficient (Wildman–Crippen LogP) is 3.82. The van der Waals surface area contributed by atoms with Gasteiger partial charge in [-0.05, 0) is 37.3 Å². The van der Waals surface area contributed by atoms with Crippen LogP contribution in [0.4, 0.5) is 5.69 Å². The van der Waals surface area contributed by atoms with Gasteiger partial charge in [0.2, 0.25) is 0 Å². The largest absolute Gasteiger partial charge is 0.370 e. The zero-order valence-electron chi connectivity index (χ0n) is 12.7. The Bertz CT molecular complexity index is 397. The Morgan fingerprint density at radius 2 is 1.80 bits per heavy atom. The molecule has 2 nitrogen and oxygen atoms in total. The van der Waals surface area contributed by atoms with E-state index in [1.165, 1.54) is 57.3 Å². The van der Waals surface area contributed by atoms with Gasteiger partial charge in [0, 0.05) is 30.9 Å². The second kappa shape index (κ2) is 6.62. The van der Waals surface area contributed by atoms with Gasteiger partial charge in [-0.2, -0.15) is 0 Å². The highest BCUT2D eigenvalue weighted by atomic mass is 15.2. The normalized spacial score (nSPS) is 27.9. The van der Waals surface area contributed by atoms with Crippen molar-refractivity contribution in [3.8, 4) is 0 Å². The van der Waals surface area contributed by atoms with Crippen molar-refractivity contribution in [1.29, 1.82) is 0 Å². The molecule has 0 amide bonds. The number of hydrogen-bond donors (Lipinski definition) is 1. The van der Waals surface area contributed by atoms with Gasteiger partial charge >= 0.3 is 0 Å². The van der Waals surface area contributed by atoms with Gasteiger partial charge in [0.05, 0.1) is 0 Å². The maximum atomic E-state index is 3.94. The minimum absolute atomic E-state index is 0.678. The highest BCUT2D eigenvalue weighted by molar-refractivity contribution is 5.46. The first kappa shape index (κ1) is 13.9. The topological polar surface area (TPSA) is 15.3 Å². The van der Waals surface area contributed by atoms with E-state index in [2.05, 4.69) is 47.5 Å². The Hall–Kier alpha value is -1.02. The summed E-state index contributed by atoms with van der Waals surface area (Å²) in [6.45, 7) is 4.74. The van der Waals surface area contributed by atoms with Gasteiger partial charge in [-0.25, -0.2) is 0 Å². The Labute approximate surface area is 123 Å². The van der Waals surface area contributed by atoms with Crippen molar-refractivity contribution in [2.45, 2.75) is 57.5 Å². The van der Waals surface area contributed by atoms with Crippen LogP contribution in [0.1, 0.15) is 45.4 Å². The SMILES string of the molecule is CCC1CC(NC2CCCC2)CN(c2ccccc2)C1. The maximum absolute atomic E-state index is 3.94. The molecule has 1 aromatic rings. The molecule has 0 spiro atoms. The fourth-order valence-electron chi connectivity index (χ4n) is 3.90. The summed E-state index contributed by atoms with van der Waals surface area (Å²) in [7, 11) is 0. The van der Waals surface area contributed by atoms with E-state index in [-0.39, 0.29) is 0 Å². The molecule has 1 aromatic carbocycles. The Morgan fingerprint density at radius 3 is 2.50 bits per heavy atom. The van der Waals surface area contributed by atoms with E-state index in [1.807, 2.05) is 0 Å². The third kappa shape index (κ3) is 3.35. The lowest BCUT2D eigenvalue weighted by atomic mass is 9.91. The van der Waals surface area contributed by atoms with Crippen LogP contribution in [-0.4, -0.2) is 25.2 Å². The van der Waals surface area contributed by atoms with E-state index in [4.69, 9.17) is 0 Å². The van der Waals surface area contributed by atoms with Gasteiger partial charge in [-0.3, -0.25) is 0 Å². The molecule has 20 heavy (non-hydrogen) atoms. The van der Waals surface area contributed by atoms with Crippen molar-refractivity contribution >= 4 is 5.69 Å². The standard InChI is InChI=1S/C18H28N2/c1-2-15-12-17(19-16-8-6-7-9-16)14-20(13-15)18-10-4-3-5-11-18/h3-5,10-11,15-17,19H,2,6-9,12-14H2,1H3. The van der Waals surface area contributed by atoms with Crippen LogP contribution in [0.2, 0.25) is 0 Å². The molecule has 2 unspecified atom stereocenters. The first-order valence-corrected chi connectivity index (χ1v) is 8.41. The van der Waals surface area contributed by atoms with Crippen LogP contribution in [0.3, 0.4) is 0 Å². The molecule has 1 aliphatic carbocycles. The van der Waals surface area contributed by atoms with Crippen molar-refractivity contribution < 1.29 is 0 Å². The van der Waals surface area contributed by atoms with E-state index >= 15 is 0 Å². The first-order valence-electron chi connectivity index (χ1n) is 8.41. The molecular weight excluding hydrogens is 244 g/mol. The maximum Gasteiger partial charge on any atom is 0.0366 e. The molecule has 0 radical (unpaired) electrons. The molecule has 0 aromatic heterocycles. The highest BCUT2D eigenvalue weighted by Crippen LogP contribution is 2.27. The Morgan fingerprint density at radius 1 is 1.05 bits per heavy atom. The molecular formula is C18H28N2.